The van der Waals surface area contributed by atoms with Gasteiger partial charge < -0.3 is 10.4 Å². The van der Waals surface area contributed by atoms with Crippen LogP contribution in [0.25, 0.3) is 0 Å². The number of nitrogens with zero attached hydrogens (tertiary/aromatic N) is 3. The van der Waals surface area contributed by atoms with Gasteiger partial charge in [-0.1, -0.05) is 35.5 Å². The molecule has 0 aliphatic carbocycles. The first kappa shape index (κ1) is 24.4. The van der Waals surface area contributed by atoms with Crippen LogP contribution in [0.5, 0.6) is 0 Å². The molecule has 11 heteroatoms. The maximum Gasteiger partial charge on any atom is 0.416 e. The van der Waals surface area contributed by atoms with Gasteiger partial charge in [-0.3, -0.25) is 0 Å². The summed E-state index contributed by atoms with van der Waals surface area (Å²) in [6, 6.07) is 10.7. The third kappa shape index (κ3) is 5.16. The van der Waals surface area contributed by atoms with Gasteiger partial charge >= 0.3 is 6.18 Å². The van der Waals surface area contributed by atoms with Gasteiger partial charge in [0.05, 0.1) is 40.5 Å². The lowest BCUT2D eigenvalue weighted by Crippen LogP contribution is -2.47. The standard InChI is InChI=1S/C23H25F3N4O3S/c1-15-11-22(31,17-7-9-18(10-8-17)23(24,25)26)12-19(27-15)20-14-30(29-28-20)13-16-5-3-4-6-21(16)34(2,32)33/h3-10,14-15,19,27,31H,11-13H2,1-2H3/t15-,19-,22?/m0/s1. The van der Waals surface area contributed by atoms with Crippen LogP contribution in [0.1, 0.15) is 48.2 Å². The largest absolute Gasteiger partial charge is 0.416 e. The molecule has 0 bridgehead atoms. The van der Waals surface area contributed by atoms with Crippen molar-refractivity contribution in [2.45, 2.75) is 55.1 Å². The molecule has 2 N–H and O–H groups in total. The van der Waals surface area contributed by atoms with Gasteiger partial charge in [0, 0.05) is 18.7 Å². The lowest BCUT2D eigenvalue weighted by atomic mass is 9.78. The van der Waals surface area contributed by atoms with Crippen molar-refractivity contribution in [3.63, 3.8) is 0 Å². The first-order valence-corrected chi connectivity index (χ1v) is 12.6. The molecule has 182 valence electrons. The Kier molecular flexibility index (Phi) is 6.30. The van der Waals surface area contributed by atoms with Gasteiger partial charge in [-0.15, -0.1) is 5.10 Å². The van der Waals surface area contributed by atoms with Gasteiger partial charge in [0.15, 0.2) is 9.84 Å². The molecular weight excluding hydrogens is 469 g/mol. The molecule has 1 aliphatic heterocycles. The fourth-order valence-electron chi connectivity index (χ4n) is 4.50. The molecular formula is C23H25F3N4O3S. The summed E-state index contributed by atoms with van der Waals surface area (Å²) < 4.78 is 64.4. The Morgan fingerprint density at radius 2 is 1.82 bits per heavy atom. The molecule has 1 fully saturated rings. The van der Waals surface area contributed by atoms with Crippen molar-refractivity contribution >= 4 is 9.84 Å². The van der Waals surface area contributed by atoms with Crippen molar-refractivity contribution in [1.29, 1.82) is 0 Å². The molecule has 0 saturated carbocycles. The van der Waals surface area contributed by atoms with Crippen LogP contribution in [-0.4, -0.2) is 40.8 Å². The van der Waals surface area contributed by atoms with Gasteiger partial charge in [0.2, 0.25) is 0 Å². The minimum atomic E-state index is -4.45. The maximum absolute atomic E-state index is 12.9. The fraction of sp³-hybridized carbons (Fsp3) is 0.391. The summed E-state index contributed by atoms with van der Waals surface area (Å²) in [6.45, 7) is 2.08. The highest BCUT2D eigenvalue weighted by Crippen LogP contribution is 2.40. The van der Waals surface area contributed by atoms with Crippen LogP contribution in [0.4, 0.5) is 13.2 Å². The lowest BCUT2D eigenvalue weighted by molar-refractivity contribution is -0.137. The highest BCUT2D eigenvalue weighted by Gasteiger charge is 2.41. The predicted molar refractivity (Wildman–Crippen MR) is 119 cm³/mol. The minimum absolute atomic E-state index is 0.137. The molecule has 2 heterocycles. The Bertz CT molecular complexity index is 1280. The van der Waals surface area contributed by atoms with E-state index < -0.39 is 33.2 Å². The number of alkyl halides is 3. The number of aliphatic hydroxyl groups is 1. The predicted octanol–water partition coefficient (Wildman–Crippen LogP) is 3.45. The zero-order valence-corrected chi connectivity index (χ0v) is 19.4. The normalized spacial score (nSPS) is 23.7. The summed E-state index contributed by atoms with van der Waals surface area (Å²) in [5.41, 5.74) is -0.572. The van der Waals surface area contributed by atoms with E-state index in [0.717, 1.165) is 18.4 Å². The van der Waals surface area contributed by atoms with E-state index >= 15 is 0 Å². The number of rotatable bonds is 5. The summed E-state index contributed by atoms with van der Waals surface area (Å²) in [5, 5.41) is 23.0. The summed E-state index contributed by atoms with van der Waals surface area (Å²) >= 11 is 0. The molecule has 2 aromatic carbocycles. The van der Waals surface area contributed by atoms with E-state index in [1.54, 1.807) is 24.4 Å². The highest BCUT2D eigenvalue weighted by atomic mass is 32.2. The number of aromatic nitrogens is 3. The monoisotopic (exact) mass is 494 g/mol. The number of hydrogen-bond donors (Lipinski definition) is 2. The van der Waals surface area contributed by atoms with Crippen LogP contribution < -0.4 is 5.32 Å². The van der Waals surface area contributed by atoms with Gasteiger partial charge in [0.1, 0.15) is 0 Å². The summed E-state index contributed by atoms with van der Waals surface area (Å²) in [5.74, 6) is 0. The number of nitrogens with one attached hydrogen (secondary N) is 1. The van der Waals surface area contributed by atoms with Crippen LogP contribution in [0, 0.1) is 0 Å². The van der Waals surface area contributed by atoms with E-state index in [0.29, 0.717) is 23.2 Å². The summed E-state index contributed by atoms with van der Waals surface area (Å²) in [6.07, 6.45) is -1.10. The Morgan fingerprint density at radius 3 is 2.47 bits per heavy atom. The molecule has 4 rings (SSSR count). The maximum atomic E-state index is 12.9. The van der Waals surface area contributed by atoms with Crippen molar-refractivity contribution in [1.82, 2.24) is 20.3 Å². The van der Waals surface area contributed by atoms with E-state index in [1.165, 1.54) is 22.9 Å². The Morgan fingerprint density at radius 1 is 1.15 bits per heavy atom. The molecule has 0 amide bonds. The lowest BCUT2D eigenvalue weighted by Gasteiger charge is -2.40. The van der Waals surface area contributed by atoms with Crippen LogP contribution in [0.15, 0.2) is 59.6 Å². The van der Waals surface area contributed by atoms with Crippen LogP contribution in [0.3, 0.4) is 0 Å². The first-order chi connectivity index (χ1) is 15.8. The topological polar surface area (TPSA) is 97.1 Å². The minimum Gasteiger partial charge on any atom is -0.385 e. The number of benzene rings is 2. The van der Waals surface area contributed by atoms with Crippen molar-refractivity contribution < 1.29 is 26.7 Å². The summed E-state index contributed by atoms with van der Waals surface area (Å²) in [4.78, 5) is 0.216. The third-order valence-electron chi connectivity index (χ3n) is 6.04. The van der Waals surface area contributed by atoms with E-state index in [2.05, 4.69) is 15.6 Å². The number of piperidine rings is 1. The second-order valence-corrected chi connectivity index (χ2v) is 10.8. The average molecular weight is 495 g/mol. The van der Waals surface area contributed by atoms with E-state index in [9.17, 15) is 26.7 Å². The van der Waals surface area contributed by atoms with Crippen molar-refractivity contribution in [3.8, 4) is 0 Å². The number of halogens is 3. The first-order valence-electron chi connectivity index (χ1n) is 10.7. The zero-order valence-electron chi connectivity index (χ0n) is 18.6. The highest BCUT2D eigenvalue weighted by molar-refractivity contribution is 7.90. The molecule has 3 atom stereocenters. The van der Waals surface area contributed by atoms with E-state index in [4.69, 9.17) is 0 Å². The third-order valence-corrected chi connectivity index (χ3v) is 7.24. The fourth-order valence-corrected chi connectivity index (χ4v) is 5.44. The zero-order chi connectivity index (χ0) is 24.7. The quantitative estimate of drug-likeness (QED) is 0.564. The Balaban J connectivity index is 1.56. The average Bonchev–Trinajstić information content (AvgIpc) is 3.21. The van der Waals surface area contributed by atoms with Crippen LogP contribution >= 0.6 is 0 Å². The molecule has 7 nitrogen and oxygen atoms in total. The Labute approximate surface area is 195 Å². The second kappa shape index (κ2) is 8.79. The van der Waals surface area contributed by atoms with Gasteiger partial charge in [-0.2, -0.15) is 13.2 Å². The van der Waals surface area contributed by atoms with Gasteiger partial charge in [-0.05, 0) is 42.7 Å². The van der Waals surface area contributed by atoms with Crippen molar-refractivity contribution in [2.75, 3.05) is 6.26 Å². The Hall–Kier alpha value is -2.76. The van der Waals surface area contributed by atoms with Crippen LogP contribution in [-0.2, 0) is 28.2 Å². The molecule has 3 aromatic rings. The molecule has 34 heavy (non-hydrogen) atoms. The molecule has 0 spiro atoms. The number of hydrogen-bond acceptors (Lipinski definition) is 6. The summed E-state index contributed by atoms with van der Waals surface area (Å²) in [7, 11) is -3.41. The molecule has 1 saturated heterocycles. The van der Waals surface area contributed by atoms with E-state index in [-0.39, 0.29) is 23.9 Å². The molecule has 1 unspecified atom stereocenters. The van der Waals surface area contributed by atoms with Gasteiger partial charge in [0.25, 0.3) is 0 Å². The SMILES string of the molecule is C[C@H]1CC(O)(c2ccc(C(F)(F)F)cc2)C[C@@H](c2cn(Cc3ccccc3S(C)(=O)=O)nn2)N1. The molecule has 1 aromatic heterocycles. The van der Waals surface area contributed by atoms with E-state index in [1.807, 2.05) is 6.92 Å². The smallest absolute Gasteiger partial charge is 0.385 e. The van der Waals surface area contributed by atoms with Crippen molar-refractivity contribution in [2.24, 2.45) is 0 Å². The number of sulfone groups is 1. The molecule has 1 aliphatic rings. The second-order valence-electron chi connectivity index (χ2n) is 8.86. The molecule has 0 radical (unpaired) electrons. The van der Waals surface area contributed by atoms with Crippen LogP contribution in [0.2, 0.25) is 0 Å². The van der Waals surface area contributed by atoms with Crippen molar-refractivity contribution in [3.05, 3.63) is 77.1 Å². The van der Waals surface area contributed by atoms with Gasteiger partial charge in [-0.25, -0.2) is 13.1 Å².